The molecule has 0 atom stereocenters. The fraction of sp³-hybridized carbons (Fsp3) is 0.0833. The minimum Gasteiger partial charge on any atom is -0.383 e. The maximum Gasteiger partial charge on any atom is 0.139 e. The van der Waals surface area contributed by atoms with Gasteiger partial charge in [-0.2, -0.15) is 11.3 Å². The van der Waals surface area contributed by atoms with Crippen LogP contribution in [0.5, 0.6) is 0 Å². The minimum atomic E-state index is 0.714. The van der Waals surface area contributed by atoms with Crippen molar-refractivity contribution in [2.24, 2.45) is 0 Å². The molecule has 0 aliphatic rings. The number of hydrogen-bond acceptors (Lipinski definition) is 3. The number of imidazole rings is 1. The number of nitrogen functional groups attached to an aromatic ring is 1. The molecule has 2 N–H and O–H groups in total. The number of nitrogens with two attached hydrogens (primary N) is 1. The lowest BCUT2D eigenvalue weighted by atomic mass is 10.2. The van der Waals surface area contributed by atoms with Crippen molar-refractivity contribution in [3.05, 3.63) is 40.7 Å². The molecule has 80 valence electrons. The Labute approximate surface area is 97.2 Å². The van der Waals surface area contributed by atoms with Gasteiger partial charge >= 0.3 is 0 Å². The van der Waals surface area contributed by atoms with Crippen LogP contribution in [0.15, 0.2) is 35.0 Å². The van der Waals surface area contributed by atoms with E-state index < -0.39 is 0 Å². The maximum atomic E-state index is 6.14. The first-order valence-electron chi connectivity index (χ1n) is 5.03. The molecule has 3 heterocycles. The van der Waals surface area contributed by atoms with Gasteiger partial charge in [-0.05, 0) is 30.5 Å². The summed E-state index contributed by atoms with van der Waals surface area (Å²) in [6.45, 7) is 2.03. The first-order chi connectivity index (χ1) is 7.77. The minimum absolute atomic E-state index is 0.714. The van der Waals surface area contributed by atoms with E-state index >= 15 is 0 Å². The fourth-order valence-corrected chi connectivity index (χ4v) is 2.53. The average molecular weight is 229 g/mol. The second-order valence-electron chi connectivity index (χ2n) is 3.72. The summed E-state index contributed by atoms with van der Waals surface area (Å²) in [7, 11) is 0. The molecule has 0 amide bonds. The van der Waals surface area contributed by atoms with Crippen molar-refractivity contribution in [3.8, 4) is 11.3 Å². The molecular formula is C12H11N3S. The molecule has 0 saturated carbocycles. The molecule has 3 aromatic heterocycles. The van der Waals surface area contributed by atoms with Gasteiger partial charge in [0.15, 0.2) is 0 Å². The molecule has 0 fully saturated rings. The standard InChI is InChI=1S/C12H11N3S/c1-8-3-2-4-10-14-11(12(13)15(8)10)9-5-6-16-7-9/h2-7H,13H2,1H3. The van der Waals surface area contributed by atoms with Gasteiger partial charge in [-0.25, -0.2) is 4.98 Å². The summed E-state index contributed by atoms with van der Waals surface area (Å²) in [6, 6.07) is 8.04. The molecule has 3 nitrogen and oxygen atoms in total. The number of aromatic nitrogens is 2. The largest absolute Gasteiger partial charge is 0.383 e. The van der Waals surface area contributed by atoms with E-state index in [4.69, 9.17) is 5.73 Å². The highest BCUT2D eigenvalue weighted by molar-refractivity contribution is 7.08. The Hall–Kier alpha value is -1.81. The first kappa shape index (κ1) is 9.42. The summed E-state index contributed by atoms with van der Waals surface area (Å²) in [5.74, 6) is 0.714. The van der Waals surface area contributed by atoms with Crippen LogP contribution in [0.25, 0.3) is 16.9 Å². The summed E-state index contributed by atoms with van der Waals surface area (Å²) < 4.78 is 1.98. The van der Waals surface area contributed by atoms with Gasteiger partial charge in [0.1, 0.15) is 17.2 Å². The third-order valence-corrected chi connectivity index (χ3v) is 3.35. The highest BCUT2D eigenvalue weighted by atomic mass is 32.1. The van der Waals surface area contributed by atoms with Crippen molar-refractivity contribution in [1.82, 2.24) is 9.38 Å². The number of fused-ring (bicyclic) bond motifs is 1. The van der Waals surface area contributed by atoms with E-state index in [0.29, 0.717) is 5.82 Å². The quantitative estimate of drug-likeness (QED) is 0.697. The van der Waals surface area contributed by atoms with Gasteiger partial charge in [-0.15, -0.1) is 0 Å². The number of rotatable bonds is 1. The maximum absolute atomic E-state index is 6.14. The second kappa shape index (κ2) is 3.35. The van der Waals surface area contributed by atoms with Crippen molar-refractivity contribution in [1.29, 1.82) is 0 Å². The van der Waals surface area contributed by atoms with Gasteiger partial charge in [0.25, 0.3) is 0 Å². The third-order valence-electron chi connectivity index (χ3n) is 2.67. The summed E-state index contributed by atoms with van der Waals surface area (Å²) in [5, 5.41) is 4.10. The van der Waals surface area contributed by atoms with E-state index in [0.717, 1.165) is 22.6 Å². The normalized spacial score (nSPS) is 11.1. The Kier molecular flexibility index (Phi) is 1.97. The fourth-order valence-electron chi connectivity index (χ4n) is 1.89. The molecule has 3 rings (SSSR count). The van der Waals surface area contributed by atoms with Crippen LogP contribution in [0.4, 0.5) is 5.82 Å². The Morgan fingerprint density at radius 2 is 2.19 bits per heavy atom. The molecule has 4 heteroatoms. The topological polar surface area (TPSA) is 43.3 Å². The van der Waals surface area contributed by atoms with Crippen LogP contribution < -0.4 is 5.73 Å². The summed E-state index contributed by atoms with van der Waals surface area (Å²) in [4.78, 5) is 4.56. The Balaban J connectivity index is 2.36. The van der Waals surface area contributed by atoms with E-state index in [2.05, 4.69) is 10.4 Å². The van der Waals surface area contributed by atoms with E-state index in [1.807, 2.05) is 41.0 Å². The average Bonchev–Trinajstić information content (AvgIpc) is 2.86. The molecular weight excluding hydrogens is 218 g/mol. The zero-order chi connectivity index (χ0) is 11.1. The van der Waals surface area contributed by atoms with Crippen molar-refractivity contribution >= 4 is 22.8 Å². The van der Waals surface area contributed by atoms with Crippen molar-refractivity contribution in [2.45, 2.75) is 6.92 Å². The molecule has 0 aromatic carbocycles. The Bertz CT molecular complexity index is 638. The van der Waals surface area contributed by atoms with Gasteiger partial charge in [0.05, 0.1) is 0 Å². The Morgan fingerprint density at radius 3 is 2.88 bits per heavy atom. The van der Waals surface area contributed by atoms with Crippen molar-refractivity contribution in [3.63, 3.8) is 0 Å². The van der Waals surface area contributed by atoms with Crippen LogP contribution in [-0.4, -0.2) is 9.38 Å². The molecule has 16 heavy (non-hydrogen) atoms. The molecule has 0 saturated heterocycles. The molecule has 0 radical (unpaired) electrons. The number of nitrogens with zero attached hydrogens (tertiary/aromatic N) is 2. The van der Waals surface area contributed by atoms with Crippen LogP contribution in [0.3, 0.4) is 0 Å². The lowest BCUT2D eigenvalue weighted by Crippen LogP contribution is -1.96. The highest BCUT2D eigenvalue weighted by Crippen LogP contribution is 2.28. The molecule has 0 bridgehead atoms. The molecule has 3 aromatic rings. The molecule has 0 aliphatic heterocycles. The summed E-state index contributed by atoms with van der Waals surface area (Å²) >= 11 is 1.65. The van der Waals surface area contributed by atoms with E-state index in [-0.39, 0.29) is 0 Å². The number of hydrogen-bond donors (Lipinski definition) is 1. The predicted molar refractivity (Wildman–Crippen MR) is 67.7 cm³/mol. The monoisotopic (exact) mass is 229 g/mol. The number of pyridine rings is 1. The van der Waals surface area contributed by atoms with Crippen LogP contribution in [0.2, 0.25) is 0 Å². The third kappa shape index (κ3) is 1.23. The van der Waals surface area contributed by atoms with Crippen LogP contribution in [0.1, 0.15) is 5.69 Å². The zero-order valence-electron chi connectivity index (χ0n) is 8.84. The van der Waals surface area contributed by atoms with Crippen LogP contribution >= 0.6 is 11.3 Å². The van der Waals surface area contributed by atoms with Gasteiger partial charge in [-0.3, -0.25) is 4.40 Å². The lowest BCUT2D eigenvalue weighted by Gasteiger charge is -2.00. The van der Waals surface area contributed by atoms with Gasteiger partial charge in [0.2, 0.25) is 0 Å². The van der Waals surface area contributed by atoms with Gasteiger partial charge in [-0.1, -0.05) is 6.07 Å². The van der Waals surface area contributed by atoms with Gasteiger partial charge < -0.3 is 5.73 Å². The summed E-state index contributed by atoms with van der Waals surface area (Å²) in [6.07, 6.45) is 0. The van der Waals surface area contributed by atoms with E-state index in [1.54, 1.807) is 11.3 Å². The smallest absolute Gasteiger partial charge is 0.139 e. The van der Waals surface area contributed by atoms with Crippen molar-refractivity contribution in [2.75, 3.05) is 5.73 Å². The Morgan fingerprint density at radius 1 is 1.31 bits per heavy atom. The van der Waals surface area contributed by atoms with E-state index in [1.165, 1.54) is 0 Å². The van der Waals surface area contributed by atoms with Crippen LogP contribution in [-0.2, 0) is 0 Å². The van der Waals surface area contributed by atoms with Gasteiger partial charge in [0, 0.05) is 16.6 Å². The molecule has 0 aliphatic carbocycles. The number of thiophene rings is 1. The first-order valence-corrected chi connectivity index (χ1v) is 5.98. The number of anilines is 1. The molecule has 0 spiro atoms. The van der Waals surface area contributed by atoms with Crippen LogP contribution in [0, 0.1) is 6.92 Å². The van der Waals surface area contributed by atoms with E-state index in [9.17, 15) is 0 Å². The number of aryl methyl sites for hydroxylation is 1. The van der Waals surface area contributed by atoms with Crippen molar-refractivity contribution < 1.29 is 0 Å². The SMILES string of the molecule is Cc1cccc2nc(-c3ccsc3)c(N)n12. The predicted octanol–water partition coefficient (Wildman–Crippen LogP) is 2.95. The second-order valence-corrected chi connectivity index (χ2v) is 4.50. The lowest BCUT2D eigenvalue weighted by molar-refractivity contribution is 1.10. The molecule has 0 unspecified atom stereocenters. The highest BCUT2D eigenvalue weighted by Gasteiger charge is 2.12. The zero-order valence-corrected chi connectivity index (χ0v) is 9.66. The summed E-state index contributed by atoms with van der Waals surface area (Å²) in [5.41, 5.74) is 10.1.